The zero-order chi connectivity index (χ0) is 20.8. The predicted molar refractivity (Wildman–Crippen MR) is 115 cm³/mol. The minimum Gasteiger partial charge on any atom is -0.481 e. The molecule has 0 unspecified atom stereocenters. The number of benzene rings is 1. The van der Waals surface area contributed by atoms with E-state index in [4.69, 9.17) is 38.0 Å². The minimum atomic E-state index is -0.852. The number of hydrogen-bond acceptors (Lipinski definition) is 5. The fourth-order valence-corrected chi connectivity index (χ4v) is 4.74. The van der Waals surface area contributed by atoms with Gasteiger partial charge in [-0.2, -0.15) is 0 Å². The number of aromatic nitrogens is 3. The number of anilines is 1. The lowest BCUT2D eigenvalue weighted by Crippen LogP contribution is -2.37. The molecule has 0 amide bonds. The summed E-state index contributed by atoms with van der Waals surface area (Å²) in [5.74, 6) is 1.14. The van der Waals surface area contributed by atoms with Gasteiger partial charge in [-0.15, -0.1) is 0 Å². The molecule has 1 aliphatic carbocycles. The molecule has 3 heterocycles. The molecule has 0 spiro atoms. The summed E-state index contributed by atoms with van der Waals surface area (Å²) in [5, 5.41) is 10.6. The van der Waals surface area contributed by atoms with Crippen molar-refractivity contribution in [1.29, 1.82) is 0 Å². The number of imidazole rings is 1. The molecule has 2 aliphatic rings. The SMILES string of the molecule is O=C(O)CCOC[C@@H]1[C@@H]2C[C@@H]2CN1c1cc(-n2ccnc2)c2ccc(Cl)c(Cl)c2n1. The molecule has 7 nitrogen and oxygen atoms in total. The zero-order valence-corrected chi connectivity index (χ0v) is 17.6. The van der Waals surface area contributed by atoms with Gasteiger partial charge in [-0.25, -0.2) is 9.97 Å². The highest BCUT2D eigenvalue weighted by molar-refractivity contribution is 6.45. The zero-order valence-electron chi connectivity index (χ0n) is 16.0. The van der Waals surface area contributed by atoms with Crippen LogP contribution in [0.5, 0.6) is 0 Å². The Hall–Kier alpha value is -2.35. The third-order valence-electron chi connectivity index (χ3n) is 5.97. The molecule has 3 aromatic rings. The van der Waals surface area contributed by atoms with Crippen LogP contribution < -0.4 is 4.90 Å². The van der Waals surface area contributed by atoms with Crippen molar-refractivity contribution in [2.75, 3.05) is 24.7 Å². The summed E-state index contributed by atoms with van der Waals surface area (Å²) in [7, 11) is 0. The lowest BCUT2D eigenvalue weighted by molar-refractivity contribution is -0.138. The van der Waals surface area contributed by atoms with E-state index in [0.29, 0.717) is 34.0 Å². The number of carboxylic acids is 1. The Morgan fingerprint density at radius 2 is 2.20 bits per heavy atom. The number of fused-ring (bicyclic) bond motifs is 2. The summed E-state index contributed by atoms with van der Waals surface area (Å²) in [5.41, 5.74) is 1.58. The van der Waals surface area contributed by atoms with Crippen LogP contribution in [0.1, 0.15) is 12.8 Å². The van der Waals surface area contributed by atoms with Crippen molar-refractivity contribution in [3.63, 3.8) is 0 Å². The number of pyridine rings is 1. The summed E-state index contributed by atoms with van der Waals surface area (Å²) in [6, 6.07) is 5.91. The highest BCUT2D eigenvalue weighted by Crippen LogP contribution is 2.51. The number of hydrogen-bond donors (Lipinski definition) is 1. The maximum atomic E-state index is 10.8. The molecule has 1 saturated heterocycles. The largest absolute Gasteiger partial charge is 0.481 e. The van der Waals surface area contributed by atoms with Crippen molar-refractivity contribution >= 4 is 45.9 Å². The first-order valence-electron chi connectivity index (χ1n) is 9.86. The number of carbonyl (C=O) groups is 1. The Labute approximate surface area is 183 Å². The maximum Gasteiger partial charge on any atom is 0.305 e. The number of aliphatic carboxylic acids is 1. The fourth-order valence-electron chi connectivity index (χ4n) is 4.38. The van der Waals surface area contributed by atoms with Crippen LogP contribution in [0.15, 0.2) is 36.9 Å². The minimum absolute atomic E-state index is 0.00786. The molecule has 9 heteroatoms. The van der Waals surface area contributed by atoms with Crippen molar-refractivity contribution < 1.29 is 14.6 Å². The third kappa shape index (κ3) is 3.51. The summed E-state index contributed by atoms with van der Waals surface area (Å²) >= 11 is 12.8. The lowest BCUT2D eigenvalue weighted by Gasteiger charge is -2.29. The Kier molecular flexibility index (Phi) is 5.05. The molecule has 1 aliphatic heterocycles. The van der Waals surface area contributed by atoms with Gasteiger partial charge in [0, 0.05) is 30.4 Å². The van der Waals surface area contributed by atoms with Crippen molar-refractivity contribution in [2.45, 2.75) is 18.9 Å². The molecule has 5 rings (SSSR count). The first-order chi connectivity index (χ1) is 14.5. The van der Waals surface area contributed by atoms with Gasteiger partial charge < -0.3 is 19.3 Å². The Morgan fingerprint density at radius 1 is 1.33 bits per heavy atom. The van der Waals surface area contributed by atoms with Gasteiger partial charge in [0.25, 0.3) is 0 Å². The maximum absolute atomic E-state index is 10.8. The van der Waals surface area contributed by atoms with E-state index in [2.05, 4.69) is 9.88 Å². The highest BCUT2D eigenvalue weighted by atomic mass is 35.5. The number of nitrogens with zero attached hydrogens (tertiary/aromatic N) is 4. The second-order valence-electron chi connectivity index (χ2n) is 7.83. The quantitative estimate of drug-likeness (QED) is 0.551. The monoisotopic (exact) mass is 446 g/mol. The Balaban J connectivity index is 1.52. The molecule has 1 aromatic carbocycles. The molecule has 0 bridgehead atoms. The lowest BCUT2D eigenvalue weighted by atomic mass is 10.1. The first-order valence-corrected chi connectivity index (χ1v) is 10.6. The van der Waals surface area contributed by atoms with Crippen LogP contribution in [0.4, 0.5) is 5.82 Å². The van der Waals surface area contributed by atoms with Crippen molar-refractivity contribution in [3.8, 4) is 5.69 Å². The fraction of sp³-hybridized carbons (Fsp3) is 0.381. The average molecular weight is 447 g/mol. The summed E-state index contributed by atoms with van der Waals surface area (Å²) in [6.45, 7) is 1.60. The summed E-state index contributed by atoms with van der Waals surface area (Å²) < 4.78 is 7.63. The second kappa shape index (κ2) is 7.72. The number of piperidine rings is 1. The van der Waals surface area contributed by atoms with Crippen molar-refractivity contribution in [1.82, 2.24) is 14.5 Å². The smallest absolute Gasteiger partial charge is 0.305 e. The molecule has 2 fully saturated rings. The van der Waals surface area contributed by atoms with Crippen LogP contribution in [0.25, 0.3) is 16.6 Å². The van der Waals surface area contributed by atoms with Crippen LogP contribution in [-0.4, -0.2) is 51.4 Å². The van der Waals surface area contributed by atoms with Crippen LogP contribution in [0, 0.1) is 11.8 Å². The van der Waals surface area contributed by atoms with Crippen LogP contribution in [0.3, 0.4) is 0 Å². The number of ether oxygens (including phenoxy) is 1. The Bertz CT molecular complexity index is 1110. The van der Waals surface area contributed by atoms with Gasteiger partial charge in [-0.1, -0.05) is 23.2 Å². The van der Waals surface area contributed by atoms with Gasteiger partial charge >= 0.3 is 5.97 Å². The van der Waals surface area contributed by atoms with Gasteiger partial charge in [0.2, 0.25) is 0 Å². The molecule has 3 atom stereocenters. The third-order valence-corrected chi connectivity index (χ3v) is 6.76. The van der Waals surface area contributed by atoms with Crippen molar-refractivity contribution in [3.05, 3.63) is 47.0 Å². The van der Waals surface area contributed by atoms with E-state index in [1.807, 2.05) is 22.9 Å². The average Bonchev–Trinajstić information content (AvgIpc) is 3.13. The number of rotatable bonds is 7. The van der Waals surface area contributed by atoms with Crippen molar-refractivity contribution in [2.24, 2.45) is 11.8 Å². The van der Waals surface area contributed by atoms with Gasteiger partial charge in [0.05, 0.1) is 53.3 Å². The van der Waals surface area contributed by atoms with Gasteiger partial charge in [-0.3, -0.25) is 4.79 Å². The molecule has 30 heavy (non-hydrogen) atoms. The van der Waals surface area contributed by atoms with Crippen LogP contribution in [0.2, 0.25) is 10.0 Å². The van der Waals surface area contributed by atoms with E-state index in [9.17, 15) is 4.79 Å². The van der Waals surface area contributed by atoms with E-state index < -0.39 is 5.97 Å². The standard InChI is InChI=1S/C21H20Cl2N4O3/c22-15-2-1-13-16(26-5-4-24-11-26)8-18(25-21(13)20(15)23)27-9-12-7-14(12)17(27)10-30-6-3-19(28)29/h1-2,4-5,8,11-12,14,17H,3,6-7,9-10H2,(H,28,29)/t12-,14-,17-/m1/s1. The van der Waals surface area contributed by atoms with E-state index in [0.717, 1.165) is 23.4 Å². The van der Waals surface area contributed by atoms with Gasteiger partial charge in [0.15, 0.2) is 0 Å². The van der Waals surface area contributed by atoms with E-state index >= 15 is 0 Å². The molecule has 2 aromatic heterocycles. The Morgan fingerprint density at radius 3 is 2.97 bits per heavy atom. The van der Waals surface area contributed by atoms with E-state index in [-0.39, 0.29) is 19.1 Å². The number of carboxylic acid groups (broad SMARTS) is 1. The second-order valence-corrected chi connectivity index (χ2v) is 8.61. The van der Waals surface area contributed by atoms with E-state index in [1.165, 1.54) is 6.42 Å². The number of halogens is 2. The van der Waals surface area contributed by atoms with Gasteiger partial charge in [0.1, 0.15) is 5.82 Å². The van der Waals surface area contributed by atoms with Crippen LogP contribution in [-0.2, 0) is 9.53 Å². The molecule has 1 saturated carbocycles. The summed E-state index contributed by atoms with van der Waals surface area (Å²) in [6.07, 6.45) is 6.55. The summed E-state index contributed by atoms with van der Waals surface area (Å²) in [4.78, 5) is 22.1. The molecule has 1 N–H and O–H groups in total. The molecule has 0 radical (unpaired) electrons. The van der Waals surface area contributed by atoms with Gasteiger partial charge in [-0.05, 0) is 30.4 Å². The first kappa shape index (κ1) is 19.6. The topological polar surface area (TPSA) is 80.5 Å². The molecular weight excluding hydrogens is 427 g/mol. The predicted octanol–water partition coefficient (Wildman–Crippen LogP) is 4.04. The highest BCUT2D eigenvalue weighted by Gasteiger charge is 2.53. The molecular formula is C21H20Cl2N4O3. The normalized spacial score (nSPS) is 22.5. The molecule has 156 valence electrons. The van der Waals surface area contributed by atoms with Crippen LogP contribution >= 0.6 is 23.2 Å². The van der Waals surface area contributed by atoms with E-state index in [1.54, 1.807) is 18.6 Å².